The van der Waals surface area contributed by atoms with E-state index in [9.17, 15) is 14.0 Å². The summed E-state index contributed by atoms with van der Waals surface area (Å²) in [5, 5.41) is 6.76. The summed E-state index contributed by atoms with van der Waals surface area (Å²) in [6.07, 6.45) is 4.06. The molecule has 5 nitrogen and oxygen atoms in total. The van der Waals surface area contributed by atoms with Crippen LogP contribution in [0.2, 0.25) is 0 Å². The Morgan fingerprint density at radius 1 is 1.22 bits per heavy atom. The lowest BCUT2D eigenvalue weighted by Crippen LogP contribution is -2.23. The summed E-state index contributed by atoms with van der Waals surface area (Å²) in [5.41, 5.74) is 1.37. The van der Waals surface area contributed by atoms with Gasteiger partial charge in [0.2, 0.25) is 5.91 Å². The standard InChI is InChI=1S/C20H20FN3O2S/c1-23(2)20(26)16-11-15(5-6-17(16)21)22-19(25)12-18(14-7-10-27-13-14)24-8-3-4-9-24/h3-11,13,18H,12H2,1-2H3,(H,22,25)/t18-/m1/s1. The zero-order valence-electron chi connectivity index (χ0n) is 15.1. The number of aromatic nitrogens is 1. The highest BCUT2D eigenvalue weighted by atomic mass is 32.1. The second-order valence-corrected chi connectivity index (χ2v) is 7.13. The first-order valence-electron chi connectivity index (χ1n) is 8.41. The molecule has 3 rings (SSSR count). The first kappa shape index (κ1) is 18.8. The Labute approximate surface area is 161 Å². The van der Waals surface area contributed by atoms with Crippen molar-refractivity contribution in [2.45, 2.75) is 12.5 Å². The van der Waals surface area contributed by atoms with E-state index in [2.05, 4.69) is 5.32 Å². The molecule has 0 saturated heterocycles. The Morgan fingerprint density at radius 3 is 2.59 bits per heavy atom. The first-order chi connectivity index (χ1) is 13.0. The number of anilines is 1. The van der Waals surface area contributed by atoms with Gasteiger partial charge in [0.25, 0.3) is 5.91 Å². The lowest BCUT2D eigenvalue weighted by molar-refractivity contribution is -0.116. The number of thiophene rings is 1. The number of nitrogens with one attached hydrogen (secondary N) is 1. The lowest BCUT2D eigenvalue weighted by Gasteiger charge is -2.18. The van der Waals surface area contributed by atoms with Gasteiger partial charge in [0.05, 0.1) is 18.0 Å². The Kier molecular flexibility index (Phi) is 5.71. The van der Waals surface area contributed by atoms with Crippen LogP contribution in [-0.2, 0) is 4.79 Å². The van der Waals surface area contributed by atoms with Crippen molar-refractivity contribution in [2.24, 2.45) is 0 Å². The largest absolute Gasteiger partial charge is 0.346 e. The van der Waals surface area contributed by atoms with E-state index in [0.29, 0.717) is 5.69 Å². The van der Waals surface area contributed by atoms with Crippen LogP contribution in [-0.4, -0.2) is 35.4 Å². The Hall–Kier alpha value is -2.93. The van der Waals surface area contributed by atoms with Crippen molar-refractivity contribution >= 4 is 28.8 Å². The third kappa shape index (κ3) is 4.43. The molecule has 2 amide bonds. The molecule has 1 N–H and O–H groups in total. The van der Waals surface area contributed by atoms with E-state index >= 15 is 0 Å². The molecule has 0 bridgehead atoms. The second kappa shape index (κ2) is 8.18. The predicted molar refractivity (Wildman–Crippen MR) is 105 cm³/mol. The number of benzene rings is 1. The predicted octanol–water partition coefficient (Wildman–Crippen LogP) is 4.01. The van der Waals surface area contributed by atoms with Gasteiger partial charge in [0.1, 0.15) is 5.82 Å². The molecule has 0 spiro atoms. The minimum absolute atomic E-state index is 0.0717. The van der Waals surface area contributed by atoms with E-state index in [1.807, 2.05) is 45.9 Å². The summed E-state index contributed by atoms with van der Waals surface area (Å²) in [4.78, 5) is 26.0. The van der Waals surface area contributed by atoms with Gasteiger partial charge < -0.3 is 14.8 Å². The van der Waals surface area contributed by atoms with Crippen LogP contribution in [0.25, 0.3) is 0 Å². The number of carbonyl (C=O) groups is 2. The summed E-state index contributed by atoms with van der Waals surface area (Å²) < 4.78 is 15.9. The molecule has 0 radical (unpaired) electrons. The number of rotatable bonds is 6. The van der Waals surface area contributed by atoms with Crippen molar-refractivity contribution in [3.05, 3.63) is 76.5 Å². The zero-order chi connectivity index (χ0) is 19.4. The maximum Gasteiger partial charge on any atom is 0.256 e. The number of nitrogens with zero attached hydrogens (tertiary/aromatic N) is 2. The molecule has 2 aromatic heterocycles. The van der Waals surface area contributed by atoms with E-state index in [4.69, 9.17) is 0 Å². The van der Waals surface area contributed by atoms with E-state index in [0.717, 1.165) is 5.56 Å². The van der Waals surface area contributed by atoms with Crippen molar-refractivity contribution in [1.82, 2.24) is 9.47 Å². The molecular weight excluding hydrogens is 365 g/mol. The van der Waals surface area contributed by atoms with Gasteiger partial charge in [0, 0.05) is 32.2 Å². The Bertz CT molecular complexity index is 887. The number of hydrogen-bond donors (Lipinski definition) is 1. The van der Waals surface area contributed by atoms with Crippen molar-refractivity contribution < 1.29 is 14.0 Å². The minimum atomic E-state index is -0.616. The van der Waals surface area contributed by atoms with Gasteiger partial charge in [-0.3, -0.25) is 9.59 Å². The van der Waals surface area contributed by atoms with Gasteiger partial charge >= 0.3 is 0 Å². The zero-order valence-corrected chi connectivity index (χ0v) is 15.9. The molecule has 0 aliphatic carbocycles. The minimum Gasteiger partial charge on any atom is -0.346 e. The smallest absolute Gasteiger partial charge is 0.256 e. The van der Waals surface area contributed by atoms with Crippen molar-refractivity contribution in [1.29, 1.82) is 0 Å². The van der Waals surface area contributed by atoms with Crippen molar-refractivity contribution in [3.63, 3.8) is 0 Å². The van der Waals surface area contributed by atoms with Crippen LogP contribution in [0, 0.1) is 5.82 Å². The van der Waals surface area contributed by atoms with Crippen molar-refractivity contribution in [2.75, 3.05) is 19.4 Å². The van der Waals surface area contributed by atoms with Crippen LogP contribution in [0.15, 0.2) is 59.6 Å². The summed E-state index contributed by atoms with van der Waals surface area (Å²) in [5.74, 6) is -1.28. The van der Waals surface area contributed by atoms with Crippen LogP contribution in [0.4, 0.5) is 10.1 Å². The fourth-order valence-electron chi connectivity index (χ4n) is 2.81. The third-order valence-corrected chi connectivity index (χ3v) is 4.88. The van der Waals surface area contributed by atoms with Crippen LogP contribution in [0.5, 0.6) is 0 Å². The monoisotopic (exact) mass is 385 g/mol. The molecule has 0 aliphatic heterocycles. The van der Waals surface area contributed by atoms with E-state index in [-0.39, 0.29) is 23.9 Å². The fourth-order valence-corrected chi connectivity index (χ4v) is 3.52. The summed E-state index contributed by atoms with van der Waals surface area (Å²) >= 11 is 1.58. The van der Waals surface area contributed by atoms with Crippen LogP contribution in [0.1, 0.15) is 28.4 Å². The molecular formula is C20H20FN3O2S. The van der Waals surface area contributed by atoms with E-state index in [1.165, 1.54) is 23.1 Å². The van der Waals surface area contributed by atoms with Gasteiger partial charge in [-0.05, 0) is 52.7 Å². The molecule has 140 valence electrons. The molecule has 1 atom stereocenters. The number of carbonyl (C=O) groups excluding carboxylic acids is 2. The number of halogens is 1. The highest BCUT2D eigenvalue weighted by Gasteiger charge is 2.19. The third-order valence-electron chi connectivity index (χ3n) is 4.18. The second-order valence-electron chi connectivity index (χ2n) is 6.35. The van der Waals surface area contributed by atoms with Gasteiger partial charge in [-0.1, -0.05) is 0 Å². The first-order valence-corrected chi connectivity index (χ1v) is 9.35. The van der Waals surface area contributed by atoms with Crippen LogP contribution < -0.4 is 5.32 Å². The fraction of sp³-hybridized carbons (Fsp3) is 0.200. The summed E-state index contributed by atoms with van der Waals surface area (Å²) in [7, 11) is 3.10. The molecule has 0 unspecified atom stereocenters. The maximum atomic E-state index is 13.9. The van der Waals surface area contributed by atoms with Gasteiger partial charge in [-0.15, -0.1) is 0 Å². The molecule has 3 aromatic rings. The normalized spacial score (nSPS) is 11.8. The van der Waals surface area contributed by atoms with Gasteiger partial charge in [0.15, 0.2) is 0 Å². The Morgan fingerprint density at radius 2 is 1.96 bits per heavy atom. The van der Waals surface area contributed by atoms with Crippen LogP contribution in [0.3, 0.4) is 0 Å². The molecule has 7 heteroatoms. The summed E-state index contributed by atoms with van der Waals surface area (Å²) in [6, 6.07) is 9.70. The average Bonchev–Trinajstić information content (AvgIpc) is 3.34. The summed E-state index contributed by atoms with van der Waals surface area (Å²) in [6.45, 7) is 0. The molecule has 0 fully saturated rings. The molecule has 0 saturated carbocycles. The van der Waals surface area contributed by atoms with Crippen LogP contribution >= 0.6 is 11.3 Å². The lowest BCUT2D eigenvalue weighted by atomic mass is 10.1. The highest BCUT2D eigenvalue weighted by Crippen LogP contribution is 2.25. The van der Waals surface area contributed by atoms with E-state index in [1.54, 1.807) is 25.4 Å². The Balaban J connectivity index is 1.77. The molecule has 27 heavy (non-hydrogen) atoms. The van der Waals surface area contributed by atoms with Crippen molar-refractivity contribution in [3.8, 4) is 0 Å². The number of hydrogen-bond acceptors (Lipinski definition) is 3. The molecule has 0 aliphatic rings. The SMILES string of the molecule is CN(C)C(=O)c1cc(NC(=O)C[C@H](c2ccsc2)n2cccc2)ccc1F. The van der Waals surface area contributed by atoms with E-state index < -0.39 is 11.7 Å². The van der Waals surface area contributed by atoms with Gasteiger partial charge in [-0.25, -0.2) is 4.39 Å². The quantitative estimate of drug-likeness (QED) is 0.697. The topological polar surface area (TPSA) is 54.3 Å². The molecule has 2 heterocycles. The van der Waals surface area contributed by atoms with Gasteiger partial charge in [-0.2, -0.15) is 11.3 Å². The molecule has 1 aromatic carbocycles. The number of amides is 2. The maximum absolute atomic E-state index is 13.9. The average molecular weight is 385 g/mol. The highest BCUT2D eigenvalue weighted by molar-refractivity contribution is 7.08.